The summed E-state index contributed by atoms with van der Waals surface area (Å²) in [4.78, 5) is 11.6. The van der Waals surface area contributed by atoms with Crippen molar-refractivity contribution in [1.29, 1.82) is 0 Å². The Balaban J connectivity index is 0.000000346. The van der Waals surface area contributed by atoms with E-state index in [1.165, 1.54) is 0 Å². The smallest absolute Gasteiger partial charge is 0.345 e. The number of fused-ring (bicyclic) bond motifs is 1. The number of rotatable bonds is 5. The van der Waals surface area contributed by atoms with Crippen LogP contribution in [0.15, 0.2) is 18.2 Å². The van der Waals surface area contributed by atoms with Crippen molar-refractivity contribution in [2.75, 3.05) is 34.0 Å². The maximum atomic E-state index is 11.6. The van der Waals surface area contributed by atoms with E-state index >= 15 is 0 Å². The number of ether oxygens (including phenoxy) is 5. The fraction of sp³-hybridized carbons (Fsp3) is 0.562. The number of cyclic esters (lactones) is 1. The standard InChI is InChI=1S/C12H14O4.C4H10O2/c1-4-14-8-5-6-9-10(7-8)15-12(2,3)16-11(9)13;1-5-3-4-6-2/h5-7H,4H2,1-3H3;3-4H2,1-2H3. The molecule has 1 aromatic carbocycles. The molecule has 1 aliphatic rings. The first-order valence-corrected chi connectivity index (χ1v) is 7.10. The lowest BCUT2D eigenvalue weighted by Crippen LogP contribution is -2.38. The third-order valence-electron chi connectivity index (χ3n) is 2.67. The largest absolute Gasteiger partial charge is 0.494 e. The molecule has 0 saturated carbocycles. The summed E-state index contributed by atoms with van der Waals surface area (Å²) in [6, 6.07) is 5.09. The lowest BCUT2D eigenvalue weighted by molar-refractivity contribution is -0.127. The van der Waals surface area contributed by atoms with Gasteiger partial charge >= 0.3 is 5.97 Å². The summed E-state index contributed by atoms with van der Waals surface area (Å²) in [5.74, 6) is -0.0946. The van der Waals surface area contributed by atoms with Crippen molar-refractivity contribution in [3.63, 3.8) is 0 Å². The number of benzene rings is 1. The number of carbonyl (C=O) groups is 1. The summed E-state index contributed by atoms with van der Waals surface area (Å²) < 4.78 is 25.3. The van der Waals surface area contributed by atoms with Gasteiger partial charge < -0.3 is 23.7 Å². The van der Waals surface area contributed by atoms with Crippen LogP contribution in [0, 0.1) is 0 Å². The van der Waals surface area contributed by atoms with Crippen LogP contribution >= 0.6 is 0 Å². The molecule has 0 bridgehead atoms. The van der Waals surface area contributed by atoms with Crippen LogP contribution in [0.3, 0.4) is 0 Å². The van der Waals surface area contributed by atoms with Crippen molar-refractivity contribution >= 4 is 5.97 Å². The summed E-state index contributed by atoms with van der Waals surface area (Å²) in [6.45, 7) is 7.25. The quantitative estimate of drug-likeness (QED) is 0.615. The van der Waals surface area contributed by atoms with Crippen LogP contribution in [0.4, 0.5) is 0 Å². The minimum atomic E-state index is -0.922. The Kier molecular flexibility index (Phi) is 7.14. The Bertz CT molecular complexity index is 480. The first-order valence-electron chi connectivity index (χ1n) is 7.10. The van der Waals surface area contributed by atoms with Crippen molar-refractivity contribution in [2.45, 2.75) is 26.6 Å². The molecule has 2 rings (SSSR count). The number of hydrogen-bond donors (Lipinski definition) is 0. The molecule has 0 saturated heterocycles. The molecule has 6 nitrogen and oxygen atoms in total. The molecule has 0 spiro atoms. The van der Waals surface area contributed by atoms with Gasteiger partial charge in [-0.05, 0) is 19.1 Å². The molecule has 0 N–H and O–H groups in total. The second kappa shape index (κ2) is 8.60. The van der Waals surface area contributed by atoms with E-state index in [1.807, 2.05) is 6.92 Å². The number of hydrogen-bond acceptors (Lipinski definition) is 6. The van der Waals surface area contributed by atoms with Crippen molar-refractivity contribution in [3.05, 3.63) is 23.8 Å². The third kappa shape index (κ3) is 5.54. The van der Waals surface area contributed by atoms with Gasteiger partial charge in [-0.1, -0.05) is 0 Å². The molecule has 124 valence electrons. The van der Waals surface area contributed by atoms with E-state index in [2.05, 4.69) is 9.47 Å². The molecule has 0 amide bonds. The summed E-state index contributed by atoms with van der Waals surface area (Å²) in [6.07, 6.45) is 0. The zero-order chi connectivity index (χ0) is 16.6. The van der Waals surface area contributed by atoms with Gasteiger partial charge in [-0.15, -0.1) is 0 Å². The van der Waals surface area contributed by atoms with Crippen LogP contribution in [-0.4, -0.2) is 45.8 Å². The molecular weight excluding hydrogens is 288 g/mol. The Hall–Kier alpha value is -1.79. The van der Waals surface area contributed by atoms with E-state index in [-0.39, 0.29) is 5.97 Å². The van der Waals surface area contributed by atoms with E-state index in [4.69, 9.17) is 14.2 Å². The highest BCUT2D eigenvalue weighted by Crippen LogP contribution is 2.33. The minimum Gasteiger partial charge on any atom is -0.494 e. The predicted octanol–water partition coefficient (Wildman–Crippen LogP) is 2.65. The van der Waals surface area contributed by atoms with E-state index < -0.39 is 5.79 Å². The molecule has 0 unspecified atom stereocenters. The van der Waals surface area contributed by atoms with Crippen LogP contribution in [0.1, 0.15) is 31.1 Å². The fourth-order valence-corrected chi connectivity index (χ4v) is 1.74. The number of carbonyl (C=O) groups excluding carboxylic acids is 1. The molecule has 1 aliphatic heterocycles. The average molecular weight is 312 g/mol. The molecule has 1 aromatic rings. The summed E-state index contributed by atoms with van der Waals surface area (Å²) in [5, 5.41) is 0. The van der Waals surface area contributed by atoms with Gasteiger partial charge in [0.05, 0.1) is 19.8 Å². The van der Waals surface area contributed by atoms with Crippen LogP contribution in [0.5, 0.6) is 11.5 Å². The minimum absolute atomic E-state index is 0.366. The highest BCUT2D eigenvalue weighted by atomic mass is 16.7. The fourth-order valence-electron chi connectivity index (χ4n) is 1.74. The monoisotopic (exact) mass is 312 g/mol. The van der Waals surface area contributed by atoms with Crippen molar-refractivity contribution < 1.29 is 28.5 Å². The lowest BCUT2D eigenvalue weighted by Gasteiger charge is -2.31. The Morgan fingerprint density at radius 2 is 1.73 bits per heavy atom. The lowest BCUT2D eigenvalue weighted by atomic mass is 10.1. The van der Waals surface area contributed by atoms with Crippen LogP contribution in [-0.2, 0) is 14.2 Å². The predicted molar refractivity (Wildman–Crippen MR) is 81.5 cm³/mol. The van der Waals surface area contributed by atoms with Gasteiger partial charge in [-0.25, -0.2) is 4.79 Å². The Morgan fingerprint density at radius 1 is 1.09 bits per heavy atom. The summed E-state index contributed by atoms with van der Waals surface area (Å²) in [5.41, 5.74) is 0.433. The van der Waals surface area contributed by atoms with Gasteiger partial charge in [0.2, 0.25) is 5.79 Å². The normalized spacial score (nSPS) is 14.9. The maximum Gasteiger partial charge on any atom is 0.345 e. The van der Waals surface area contributed by atoms with Crippen molar-refractivity contribution in [2.24, 2.45) is 0 Å². The van der Waals surface area contributed by atoms with Gasteiger partial charge in [0.15, 0.2) is 0 Å². The highest BCUT2D eigenvalue weighted by Gasteiger charge is 2.33. The van der Waals surface area contributed by atoms with Crippen molar-refractivity contribution in [1.82, 2.24) is 0 Å². The van der Waals surface area contributed by atoms with Gasteiger partial charge in [-0.3, -0.25) is 0 Å². The van der Waals surface area contributed by atoms with Crippen LogP contribution in [0.25, 0.3) is 0 Å². The molecule has 1 heterocycles. The van der Waals surface area contributed by atoms with Crippen LogP contribution < -0.4 is 9.47 Å². The van der Waals surface area contributed by atoms with E-state index in [0.29, 0.717) is 36.9 Å². The SMILES string of the molecule is CCOc1ccc2c(c1)OC(C)(C)OC2=O.COCCOC. The van der Waals surface area contributed by atoms with Gasteiger partial charge in [-0.2, -0.15) is 0 Å². The number of methoxy groups -OCH3 is 2. The molecule has 22 heavy (non-hydrogen) atoms. The topological polar surface area (TPSA) is 63.2 Å². The highest BCUT2D eigenvalue weighted by molar-refractivity contribution is 5.93. The second-order valence-electron chi connectivity index (χ2n) is 4.97. The maximum absolute atomic E-state index is 11.6. The van der Waals surface area contributed by atoms with Gasteiger partial charge in [0.25, 0.3) is 0 Å². The average Bonchev–Trinajstić information content (AvgIpc) is 2.44. The second-order valence-corrected chi connectivity index (χ2v) is 4.97. The molecule has 0 aliphatic carbocycles. The molecule has 0 radical (unpaired) electrons. The van der Waals surface area contributed by atoms with Gasteiger partial charge in [0, 0.05) is 34.1 Å². The molecule has 0 atom stereocenters. The Labute approximate surface area is 131 Å². The molecule has 0 fully saturated rings. The van der Waals surface area contributed by atoms with E-state index in [0.717, 1.165) is 0 Å². The van der Waals surface area contributed by atoms with Crippen molar-refractivity contribution in [3.8, 4) is 11.5 Å². The zero-order valence-electron chi connectivity index (χ0n) is 13.8. The first kappa shape index (κ1) is 18.3. The van der Waals surface area contributed by atoms with E-state index in [9.17, 15) is 4.79 Å². The molecule has 6 heteroatoms. The Morgan fingerprint density at radius 3 is 2.27 bits per heavy atom. The van der Waals surface area contributed by atoms with Crippen LogP contribution in [0.2, 0.25) is 0 Å². The first-order chi connectivity index (χ1) is 10.4. The summed E-state index contributed by atoms with van der Waals surface area (Å²) >= 11 is 0. The number of esters is 1. The zero-order valence-corrected chi connectivity index (χ0v) is 13.8. The molecule has 0 aromatic heterocycles. The molecular formula is C16H24O6. The van der Waals surface area contributed by atoms with E-state index in [1.54, 1.807) is 46.3 Å². The van der Waals surface area contributed by atoms with Gasteiger partial charge in [0.1, 0.15) is 17.1 Å². The third-order valence-corrected chi connectivity index (χ3v) is 2.67. The summed E-state index contributed by atoms with van der Waals surface area (Å²) in [7, 11) is 3.30.